The van der Waals surface area contributed by atoms with Crippen molar-refractivity contribution in [2.45, 2.75) is 188 Å². The van der Waals surface area contributed by atoms with Gasteiger partial charge in [-0.25, -0.2) is 4.79 Å². The van der Waals surface area contributed by atoms with Gasteiger partial charge in [0.2, 0.25) is 5.79 Å². The lowest BCUT2D eigenvalue weighted by atomic mass is 9.83. The number of aliphatic hydroxyl groups excluding tert-OH is 4. The standard InChI is InChI=1S/C46H75NO11/c1-11-35-16-18-41(30(6)22-29(5)34(10)48)57-45(55)38-14-12-13-19-47(38)44(54)43(53)46(56)32(8)15-17-37(58-46)25-40(51)33(9)39(50)24-36(49)23-28(4)27(3)20-26(2)21-31(7)42(35)52/h16,20,22,26,28-29,31-33,36-42,49-52,56H,11-15,17-19,21,23-25H2,1-10H3/b27-20+,30-22+,35-16+. The number of carbonyl (C=O) groups is 4. The van der Waals surface area contributed by atoms with E-state index in [0.29, 0.717) is 50.5 Å². The van der Waals surface area contributed by atoms with Gasteiger partial charge in [0.1, 0.15) is 17.9 Å². The van der Waals surface area contributed by atoms with Crippen LogP contribution in [0.15, 0.2) is 34.9 Å². The minimum Gasteiger partial charge on any atom is -0.456 e. The molecule has 3 aliphatic heterocycles. The first-order valence-electron chi connectivity index (χ1n) is 21.8. The number of hydrogen-bond acceptors (Lipinski definition) is 11. The first-order chi connectivity index (χ1) is 27.1. The highest BCUT2D eigenvalue weighted by atomic mass is 16.6. The van der Waals surface area contributed by atoms with E-state index in [1.807, 2.05) is 33.8 Å². The van der Waals surface area contributed by atoms with Gasteiger partial charge in [0.25, 0.3) is 11.7 Å². The van der Waals surface area contributed by atoms with Gasteiger partial charge in [-0.15, -0.1) is 0 Å². The zero-order valence-electron chi connectivity index (χ0n) is 36.9. The molecule has 0 aromatic carbocycles. The Morgan fingerprint density at radius 1 is 0.948 bits per heavy atom. The molecule has 58 heavy (non-hydrogen) atoms. The molecule has 0 radical (unpaired) electrons. The number of ketones is 2. The van der Waals surface area contributed by atoms with Crippen LogP contribution in [-0.2, 0) is 28.7 Å². The number of rotatable bonds is 4. The fraction of sp³-hybridized carbons (Fsp3) is 0.783. The predicted octanol–water partition coefficient (Wildman–Crippen LogP) is 5.76. The van der Waals surface area contributed by atoms with Crippen LogP contribution in [0, 0.1) is 35.5 Å². The fourth-order valence-corrected chi connectivity index (χ4v) is 8.79. The highest BCUT2D eigenvalue weighted by Gasteiger charge is 2.53. The number of cyclic esters (lactones) is 1. The molecule has 0 saturated carbocycles. The van der Waals surface area contributed by atoms with Crippen LogP contribution in [0.4, 0.5) is 0 Å². The Bertz CT molecular complexity index is 1510. The molecule has 12 nitrogen and oxygen atoms in total. The lowest BCUT2D eigenvalue weighted by molar-refractivity contribution is -0.266. The molecule has 2 saturated heterocycles. The van der Waals surface area contributed by atoms with Crippen LogP contribution in [0.3, 0.4) is 0 Å². The molecule has 3 aliphatic rings. The van der Waals surface area contributed by atoms with Gasteiger partial charge in [0, 0.05) is 30.7 Å². The van der Waals surface area contributed by atoms with Crippen molar-refractivity contribution in [2.75, 3.05) is 6.54 Å². The maximum absolute atomic E-state index is 14.1. The average Bonchev–Trinajstić information content (AvgIpc) is 3.17. The molecule has 3 heterocycles. The maximum atomic E-state index is 14.1. The van der Waals surface area contributed by atoms with Gasteiger partial charge in [0.15, 0.2) is 0 Å². The van der Waals surface area contributed by atoms with Crippen molar-refractivity contribution >= 4 is 23.4 Å². The summed E-state index contributed by atoms with van der Waals surface area (Å²) in [7, 11) is 0. The molecule has 0 spiro atoms. The second kappa shape index (κ2) is 22.2. The molecular weight excluding hydrogens is 743 g/mol. The summed E-state index contributed by atoms with van der Waals surface area (Å²) in [6.45, 7) is 18.5. The Morgan fingerprint density at radius 3 is 2.24 bits per heavy atom. The normalized spacial score (nSPS) is 40.2. The van der Waals surface area contributed by atoms with E-state index >= 15 is 0 Å². The summed E-state index contributed by atoms with van der Waals surface area (Å²) in [4.78, 5) is 55.5. The molecule has 14 atom stereocenters. The van der Waals surface area contributed by atoms with Crippen molar-refractivity contribution < 1.29 is 54.2 Å². The van der Waals surface area contributed by atoms with E-state index in [4.69, 9.17) is 9.47 Å². The summed E-state index contributed by atoms with van der Waals surface area (Å²) in [5, 5.41) is 56.6. The topological polar surface area (TPSA) is 191 Å². The number of hydrogen-bond donors (Lipinski definition) is 5. The third-order valence-electron chi connectivity index (χ3n) is 13.3. The fourth-order valence-electron chi connectivity index (χ4n) is 8.79. The van der Waals surface area contributed by atoms with Crippen molar-refractivity contribution in [3.05, 3.63) is 34.9 Å². The average molecular weight is 818 g/mol. The number of nitrogens with zero attached hydrogens (tertiary/aromatic N) is 1. The molecule has 14 unspecified atom stereocenters. The van der Waals surface area contributed by atoms with E-state index in [0.717, 1.165) is 11.1 Å². The lowest BCUT2D eigenvalue weighted by Gasteiger charge is -2.43. The number of carbonyl (C=O) groups excluding carboxylic acids is 4. The van der Waals surface area contributed by atoms with E-state index < -0.39 is 83.9 Å². The van der Waals surface area contributed by atoms with Gasteiger partial charge in [-0.3, -0.25) is 14.4 Å². The summed E-state index contributed by atoms with van der Waals surface area (Å²) >= 11 is 0. The lowest BCUT2D eigenvalue weighted by Crippen LogP contribution is -2.61. The monoisotopic (exact) mass is 818 g/mol. The molecule has 12 heteroatoms. The van der Waals surface area contributed by atoms with Gasteiger partial charge < -0.3 is 39.9 Å². The number of Topliss-reactive ketones (excluding diaryl/α,β-unsaturated/α-hetero) is 2. The minimum atomic E-state index is -2.50. The third kappa shape index (κ3) is 13.1. The van der Waals surface area contributed by atoms with Gasteiger partial charge in [-0.2, -0.15) is 0 Å². The molecule has 3 rings (SSSR count). The molecule has 0 aromatic rings. The molecule has 0 aliphatic carbocycles. The molecule has 2 fully saturated rings. The Morgan fingerprint density at radius 2 is 1.60 bits per heavy atom. The zero-order chi connectivity index (χ0) is 43.6. The first kappa shape index (κ1) is 49.6. The van der Waals surface area contributed by atoms with Crippen molar-refractivity contribution in [1.29, 1.82) is 0 Å². The van der Waals surface area contributed by atoms with Crippen LogP contribution in [0.2, 0.25) is 0 Å². The zero-order valence-corrected chi connectivity index (χ0v) is 36.9. The number of ether oxygens (including phenoxy) is 2. The smallest absolute Gasteiger partial charge is 0.329 e. The van der Waals surface area contributed by atoms with Crippen LogP contribution in [0.25, 0.3) is 0 Å². The highest BCUT2D eigenvalue weighted by molar-refractivity contribution is 6.39. The SMILES string of the molecule is CC/C1=C\CC(/C(C)=C/C(C)C(C)=O)OC(=O)C2CCCCN2C(=O)C(=O)C2(O)OC(CCC2C)CC(O)C(C)C(O)CC(O)CC(C)/C(C)=C/C(C)CC(C)C1O. The quantitative estimate of drug-likeness (QED) is 0.132. The Labute approximate surface area is 347 Å². The van der Waals surface area contributed by atoms with Crippen molar-refractivity contribution in [3.63, 3.8) is 0 Å². The predicted molar refractivity (Wildman–Crippen MR) is 222 cm³/mol. The highest BCUT2D eigenvalue weighted by Crippen LogP contribution is 2.37. The van der Waals surface area contributed by atoms with Gasteiger partial charge in [-0.1, -0.05) is 72.3 Å². The van der Waals surface area contributed by atoms with Gasteiger partial charge in [-0.05, 0) is 114 Å². The second-order valence-corrected chi connectivity index (χ2v) is 18.2. The number of esters is 1. The third-order valence-corrected chi connectivity index (χ3v) is 13.3. The van der Waals surface area contributed by atoms with Crippen LogP contribution in [0.5, 0.6) is 0 Å². The van der Waals surface area contributed by atoms with E-state index in [9.17, 15) is 44.7 Å². The Balaban J connectivity index is 2.04. The van der Waals surface area contributed by atoms with Crippen LogP contribution < -0.4 is 0 Å². The molecule has 0 aromatic heterocycles. The minimum absolute atomic E-state index is 0.0104. The molecule has 330 valence electrons. The largest absolute Gasteiger partial charge is 0.456 e. The van der Waals surface area contributed by atoms with Crippen molar-refractivity contribution in [1.82, 2.24) is 4.90 Å². The van der Waals surface area contributed by atoms with E-state index in [1.165, 1.54) is 11.8 Å². The first-order valence-corrected chi connectivity index (χ1v) is 21.8. The van der Waals surface area contributed by atoms with Gasteiger partial charge >= 0.3 is 5.97 Å². The van der Waals surface area contributed by atoms with Gasteiger partial charge in [0.05, 0.1) is 30.5 Å². The number of amides is 1. The summed E-state index contributed by atoms with van der Waals surface area (Å²) in [5.74, 6) is -7.37. The Hall–Kier alpha value is -2.74. The second-order valence-electron chi connectivity index (χ2n) is 18.2. The maximum Gasteiger partial charge on any atom is 0.329 e. The summed E-state index contributed by atoms with van der Waals surface area (Å²) in [6, 6.07) is -1.10. The van der Waals surface area contributed by atoms with E-state index in [2.05, 4.69) is 13.0 Å². The molecule has 5 N–H and O–H groups in total. The number of fused-ring (bicyclic) bond motifs is 3. The van der Waals surface area contributed by atoms with Crippen LogP contribution >= 0.6 is 0 Å². The number of piperidine rings is 1. The summed E-state index contributed by atoms with van der Waals surface area (Å²) in [6.07, 6.45) is 4.45. The van der Waals surface area contributed by atoms with Crippen molar-refractivity contribution in [2.24, 2.45) is 35.5 Å². The van der Waals surface area contributed by atoms with E-state index in [-0.39, 0.29) is 55.8 Å². The van der Waals surface area contributed by atoms with Crippen LogP contribution in [0.1, 0.15) is 140 Å². The number of aliphatic hydroxyl groups is 5. The summed E-state index contributed by atoms with van der Waals surface area (Å²) < 4.78 is 12.1. The number of allylic oxidation sites excluding steroid dienone is 3. The van der Waals surface area contributed by atoms with E-state index in [1.54, 1.807) is 33.8 Å². The van der Waals surface area contributed by atoms with Crippen molar-refractivity contribution in [3.8, 4) is 0 Å². The molecule has 2 bridgehead atoms. The van der Waals surface area contributed by atoms with Crippen LogP contribution in [-0.4, -0.2) is 109 Å². The summed E-state index contributed by atoms with van der Waals surface area (Å²) in [5.41, 5.74) is 2.52. The molecule has 1 amide bonds. The Kier molecular flexibility index (Phi) is 19.0. The molecular formula is C46H75NO11.